The first-order valence-electron chi connectivity index (χ1n) is 4.68. The Hall–Kier alpha value is -0.0800. The Morgan fingerprint density at radius 2 is 2.27 bits per heavy atom. The molecule has 1 rings (SSSR count). The van der Waals surface area contributed by atoms with Crippen molar-refractivity contribution in [3.8, 4) is 0 Å². The Balaban J connectivity index is 1.92. The maximum absolute atomic E-state index is 5.63. The number of rotatable bonds is 5. The van der Waals surface area contributed by atoms with Crippen LogP contribution in [0.2, 0.25) is 0 Å². The number of likely N-dealkylation sites (N-methyl/N-ethyl adjacent to an activating group) is 1. The molecule has 0 aliphatic heterocycles. The molecule has 1 saturated carbocycles. The van der Waals surface area contributed by atoms with Gasteiger partial charge in [-0.3, -0.25) is 0 Å². The van der Waals surface area contributed by atoms with E-state index in [1.807, 2.05) is 0 Å². The second kappa shape index (κ2) is 4.73. The molecule has 1 aliphatic carbocycles. The van der Waals surface area contributed by atoms with Gasteiger partial charge in [0.2, 0.25) is 0 Å². The van der Waals surface area contributed by atoms with Gasteiger partial charge in [-0.1, -0.05) is 6.92 Å². The minimum Gasteiger partial charge on any atom is -0.377 e. The lowest BCUT2D eigenvalue weighted by molar-refractivity contribution is -0.00615. The highest BCUT2D eigenvalue weighted by Crippen LogP contribution is 2.21. The molecule has 1 unspecified atom stereocenters. The standard InChI is InChI=1S/C9H19NO/c1-3-10-8(2)7-11-9-5-4-6-9/h8-10H,3-7H2,1-2H3. The van der Waals surface area contributed by atoms with Crippen LogP contribution in [0.25, 0.3) is 0 Å². The molecule has 1 aliphatic rings. The van der Waals surface area contributed by atoms with Gasteiger partial charge in [0.15, 0.2) is 0 Å². The average molecular weight is 157 g/mol. The van der Waals surface area contributed by atoms with Gasteiger partial charge in [-0.25, -0.2) is 0 Å². The van der Waals surface area contributed by atoms with Crippen LogP contribution in [0.3, 0.4) is 0 Å². The Labute approximate surface area is 69.3 Å². The van der Waals surface area contributed by atoms with E-state index in [-0.39, 0.29) is 0 Å². The summed E-state index contributed by atoms with van der Waals surface area (Å²) in [5, 5.41) is 3.32. The monoisotopic (exact) mass is 157 g/mol. The molecule has 66 valence electrons. The average Bonchev–Trinajstić information content (AvgIpc) is 1.85. The molecule has 2 heteroatoms. The summed E-state index contributed by atoms with van der Waals surface area (Å²) in [6.07, 6.45) is 4.49. The number of hydrogen-bond donors (Lipinski definition) is 1. The SMILES string of the molecule is CCNC(C)COC1CCC1. The molecule has 0 heterocycles. The molecule has 1 atom stereocenters. The molecule has 0 aromatic rings. The minimum atomic E-state index is 0.514. The van der Waals surface area contributed by atoms with Gasteiger partial charge >= 0.3 is 0 Å². The van der Waals surface area contributed by atoms with Crippen LogP contribution in [-0.2, 0) is 4.74 Å². The van der Waals surface area contributed by atoms with E-state index in [1.54, 1.807) is 0 Å². The Morgan fingerprint density at radius 3 is 2.73 bits per heavy atom. The Bertz CT molecular complexity index is 102. The van der Waals surface area contributed by atoms with Crippen LogP contribution in [0.5, 0.6) is 0 Å². The van der Waals surface area contributed by atoms with E-state index in [9.17, 15) is 0 Å². The molecule has 0 saturated heterocycles. The third-order valence-corrected chi connectivity index (χ3v) is 2.19. The number of ether oxygens (including phenoxy) is 1. The second-order valence-electron chi connectivity index (χ2n) is 3.34. The summed E-state index contributed by atoms with van der Waals surface area (Å²) < 4.78 is 5.63. The Kier molecular flexibility index (Phi) is 3.87. The van der Waals surface area contributed by atoms with Gasteiger partial charge < -0.3 is 10.1 Å². The summed E-state index contributed by atoms with van der Waals surface area (Å²) in [7, 11) is 0. The zero-order valence-corrected chi connectivity index (χ0v) is 7.60. The van der Waals surface area contributed by atoms with Gasteiger partial charge in [0.05, 0.1) is 12.7 Å². The molecular formula is C9H19NO. The van der Waals surface area contributed by atoms with Crippen molar-refractivity contribution in [2.45, 2.75) is 45.3 Å². The van der Waals surface area contributed by atoms with E-state index in [0.717, 1.165) is 13.2 Å². The topological polar surface area (TPSA) is 21.3 Å². The van der Waals surface area contributed by atoms with Gasteiger partial charge in [-0.2, -0.15) is 0 Å². The third kappa shape index (κ3) is 3.21. The highest BCUT2D eigenvalue weighted by molar-refractivity contribution is 4.70. The van der Waals surface area contributed by atoms with Crippen LogP contribution in [0.1, 0.15) is 33.1 Å². The van der Waals surface area contributed by atoms with E-state index in [4.69, 9.17) is 4.74 Å². The van der Waals surface area contributed by atoms with Crippen molar-refractivity contribution >= 4 is 0 Å². The molecule has 1 N–H and O–H groups in total. The summed E-state index contributed by atoms with van der Waals surface area (Å²) in [4.78, 5) is 0. The molecular weight excluding hydrogens is 138 g/mol. The zero-order chi connectivity index (χ0) is 8.10. The van der Waals surface area contributed by atoms with Gasteiger partial charge in [-0.15, -0.1) is 0 Å². The van der Waals surface area contributed by atoms with Crippen molar-refractivity contribution in [1.29, 1.82) is 0 Å². The minimum absolute atomic E-state index is 0.514. The fourth-order valence-electron chi connectivity index (χ4n) is 1.23. The molecule has 2 nitrogen and oxygen atoms in total. The third-order valence-electron chi connectivity index (χ3n) is 2.19. The van der Waals surface area contributed by atoms with E-state index < -0.39 is 0 Å². The van der Waals surface area contributed by atoms with Crippen LogP contribution in [0, 0.1) is 0 Å². The first-order valence-corrected chi connectivity index (χ1v) is 4.68. The zero-order valence-electron chi connectivity index (χ0n) is 7.60. The van der Waals surface area contributed by atoms with Crippen LogP contribution in [0.4, 0.5) is 0 Å². The normalized spacial score (nSPS) is 21.3. The Morgan fingerprint density at radius 1 is 1.55 bits per heavy atom. The molecule has 0 aromatic carbocycles. The van der Waals surface area contributed by atoms with Crippen molar-refractivity contribution < 1.29 is 4.74 Å². The highest BCUT2D eigenvalue weighted by Gasteiger charge is 2.18. The molecule has 1 fully saturated rings. The maximum Gasteiger partial charge on any atom is 0.0620 e. The lowest BCUT2D eigenvalue weighted by Gasteiger charge is -2.27. The summed E-state index contributed by atoms with van der Waals surface area (Å²) in [6, 6.07) is 0.514. The first-order chi connectivity index (χ1) is 5.33. The molecule has 0 amide bonds. The van der Waals surface area contributed by atoms with Crippen LogP contribution in [0.15, 0.2) is 0 Å². The van der Waals surface area contributed by atoms with Gasteiger partial charge in [-0.05, 0) is 32.7 Å². The number of hydrogen-bond acceptors (Lipinski definition) is 2. The number of nitrogens with one attached hydrogen (secondary N) is 1. The quantitative estimate of drug-likeness (QED) is 0.654. The van der Waals surface area contributed by atoms with Gasteiger partial charge in [0.25, 0.3) is 0 Å². The summed E-state index contributed by atoms with van der Waals surface area (Å²) >= 11 is 0. The van der Waals surface area contributed by atoms with E-state index in [2.05, 4.69) is 19.2 Å². The fraction of sp³-hybridized carbons (Fsp3) is 1.00. The molecule has 0 radical (unpaired) electrons. The van der Waals surface area contributed by atoms with E-state index in [0.29, 0.717) is 12.1 Å². The lowest BCUT2D eigenvalue weighted by atomic mass is 9.96. The van der Waals surface area contributed by atoms with Crippen LogP contribution >= 0.6 is 0 Å². The van der Waals surface area contributed by atoms with E-state index in [1.165, 1.54) is 19.3 Å². The summed E-state index contributed by atoms with van der Waals surface area (Å²) in [5.41, 5.74) is 0. The smallest absolute Gasteiger partial charge is 0.0620 e. The molecule has 0 spiro atoms. The maximum atomic E-state index is 5.63. The van der Waals surface area contributed by atoms with Crippen LogP contribution < -0.4 is 5.32 Å². The second-order valence-corrected chi connectivity index (χ2v) is 3.34. The van der Waals surface area contributed by atoms with Crippen molar-refractivity contribution in [3.63, 3.8) is 0 Å². The van der Waals surface area contributed by atoms with Crippen molar-refractivity contribution in [2.75, 3.05) is 13.2 Å². The molecule has 0 bridgehead atoms. The lowest BCUT2D eigenvalue weighted by Crippen LogP contribution is -2.33. The molecule has 0 aromatic heterocycles. The summed E-state index contributed by atoms with van der Waals surface area (Å²) in [5.74, 6) is 0. The fourth-order valence-corrected chi connectivity index (χ4v) is 1.23. The van der Waals surface area contributed by atoms with E-state index >= 15 is 0 Å². The predicted molar refractivity (Wildman–Crippen MR) is 46.7 cm³/mol. The summed E-state index contributed by atoms with van der Waals surface area (Å²) in [6.45, 7) is 6.20. The van der Waals surface area contributed by atoms with Crippen molar-refractivity contribution in [3.05, 3.63) is 0 Å². The van der Waals surface area contributed by atoms with Crippen molar-refractivity contribution in [2.24, 2.45) is 0 Å². The highest BCUT2D eigenvalue weighted by atomic mass is 16.5. The first kappa shape index (κ1) is 9.01. The van der Waals surface area contributed by atoms with Crippen LogP contribution in [-0.4, -0.2) is 25.3 Å². The largest absolute Gasteiger partial charge is 0.377 e. The molecule has 11 heavy (non-hydrogen) atoms. The predicted octanol–water partition coefficient (Wildman–Crippen LogP) is 1.55. The van der Waals surface area contributed by atoms with Crippen molar-refractivity contribution in [1.82, 2.24) is 5.32 Å². The van der Waals surface area contributed by atoms with Gasteiger partial charge in [0, 0.05) is 6.04 Å². The van der Waals surface area contributed by atoms with Gasteiger partial charge in [0.1, 0.15) is 0 Å².